The zero-order valence-electron chi connectivity index (χ0n) is 9.50. The normalized spacial score (nSPS) is 10.7. The Kier molecular flexibility index (Phi) is 3.16. The minimum Gasteiger partial charge on any atom is -0.347 e. The first-order chi connectivity index (χ1) is 7.56. The second-order valence-electron chi connectivity index (χ2n) is 3.77. The molecule has 16 heavy (non-hydrogen) atoms. The number of hydrogen-bond donors (Lipinski definition) is 1. The smallest absolute Gasteiger partial charge is 0.132 e. The summed E-state index contributed by atoms with van der Waals surface area (Å²) in [6.07, 6.45) is 0.717. The Morgan fingerprint density at radius 2 is 2.06 bits per heavy atom. The van der Waals surface area contributed by atoms with Crippen molar-refractivity contribution in [1.82, 2.24) is 15.0 Å². The van der Waals surface area contributed by atoms with Crippen molar-refractivity contribution in [3.63, 3.8) is 0 Å². The van der Waals surface area contributed by atoms with E-state index < -0.39 is 0 Å². The number of aromatic nitrogens is 3. The molecule has 2 heterocycles. The third-order valence-corrected chi connectivity index (χ3v) is 3.69. The van der Waals surface area contributed by atoms with Gasteiger partial charge in [-0.3, -0.25) is 0 Å². The number of H-pyrrole nitrogens is 1. The predicted octanol–water partition coefficient (Wildman–Crippen LogP) is 3.11. The van der Waals surface area contributed by atoms with E-state index in [1.54, 1.807) is 11.3 Å². The van der Waals surface area contributed by atoms with Crippen LogP contribution in [0.25, 0.3) is 0 Å². The molecule has 0 spiro atoms. The van der Waals surface area contributed by atoms with Gasteiger partial charge in [-0.2, -0.15) is 0 Å². The van der Waals surface area contributed by atoms with Crippen LogP contribution in [0.3, 0.4) is 0 Å². The van der Waals surface area contributed by atoms with Crippen LogP contribution in [0.1, 0.15) is 27.8 Å². The average Bonchev–Trinajstić information content (AvgIpc) is 2.60. The Labute approximate surface area is 104 Å². The van der Waals surface area contributed by atoms with Crippen molar-refractivity contribution in [3.8, 4) is 0 Å². The van der Waals surface area contributed by atoms with E-state index in [1.165, 1.54) is 0 Å². The van der Waals surface area contributed by atoms with Gasteiger partial charge in [0.2, 0.25) is 0 Å². The lowest BCUT2D eigenvalue weighted by atomic mass is 10.2. The van der Waals surface area contributed by atoms with Crippen LogP contribution in [0, 0.1) is 25.4 Å². The second kappa shape index (κ2) is 4.43. The average molecular weight is 251 g/mol. The van der Waals surface area contributed by atoms with Gasteiger partial charge in [0, 0.05) is 23.1 Å². The van der Waals surface area contributed by atoms with Gasteiger partial charge in [-0.1, -0.05) is 12.2 Å². The minimum absolute atomic E-state index is 0.679. The summed E-state index contributed by atoms with van der Waals surface area (Å²) in [5.74, 6) is 0.887. The summed E-state index contributed by atoms with van der Waals surface area (Å²) in [7, 11) is 0. The van der Waals surface area contributed by atoms with Gasteiger partial charge in [-0.25, -0.2) is 9.97 Å². The van der Waals surface area contributed by atoms with Gasteiger partial charge in [-0.05, 0) is 20.8 Å². The van der Waals surface area contributed by atoms with Crippen molar-refractivity contribution in [1.29, 1.82) is 0 Å². The highest BCUT2D eigenvalue weighted by Gasteiger charge is 2.04. The summed E-state index contributed by atoms with van der Waals surface area (Å²) < 4.78 is 0.679. The van der Waals surface area contributed by atoms with Crippen LogP contribution in [0.15, 0.2) is 5.38 Å². The number of aromatic amines is 1. The van der Waals surface area contributed by atoms with Gasteiger partial charge >= 0.3 is 0 Å². The number of aryl methyl sites for hydroxylation is 2. The van der Waals surface area contributed by atoms with E-state index in [2.05, 4.69) is 20.3 Å². The van der Waals surface area contributed by atoms with Gasteiger partial charge in [0.05, 0.1) is 10.7 Å². The van der Waals surface area contributed by atoms with Crippen LogP contribution >= 0.6 is 23.6 Å². The summed E-state index contributed by atoms with van der Waals surface area (Å²) in [6.45, 7) is 6.00. The molecule has 0 saturated carbocycles. The Hall–Kier alpha value is -1.07. The number of nitrogens with zero attached hydrogens (tertiary/aromatic N) is 2. The maximum Gasteiger partial charge on any atom is 0.132 e. The molecule has 0 aromatic carbocycles. The van der Waals surface area contributed by atoms with E-state index in [0.29, 0.717) is 4.64 Å². The molecule has 0 unspecified atom stereocenters. The highest BCUT2D eigenvalue weighted by Crippen LogP contribution is 2.12. The van der Waals surface area contributed by atoms with Crippen LogP contribution in [-0.4, -0.2) is 15.0 Å². The summed E-state index contributed by atoms with van der Waals surface area (Å²) >= 11 is 6.86. The summed E-state index contributed by atoms with van der Waals surface area (Å²) in [5.41, 5.74) is 3.18. The standard InChI is InChI=1S/C11H13N3S2/c1-6-7(2)12-10(14-11(6)15)4-9-5-16-8(3)13-9/h5H,4H2,1-3H3,(H,12,14,15). The molecule has 0 aliphatic carbocycles. The molecule has 0 saturated heterocycles. The van der Waals surface area contributed by atoms with Crippen molar-refractivity contribution >= 4 is 23.6 Å². The summed E-state index contributed by atoms with van der Waals surface area (Å²) in [6, 6.07) is 0. The zero-order valence-corrected chi connectivity index (χ0v) is 11.1. The van der Waals surface area contributed by atoms with Crippen molar-refractivity contribution in [2.24, 2.45) is 0 Å². The first-order valence-corrected chi connectivity index (χ1v) is 6.32. The highest BCUT2D eigenvalue weighted by molar-refractivity contribution is 7.71. The predicted molar refractivity (Wildman–Crippen MR) is 68.6 cm³/mol. The third kappa shape index (κ3) is 2.36. The fourth-order valence-corrected chi connectivity index (χ4v) is 2.33. The Bertz CT molecular complexity index is 569. The number of hydrogen-bond acceptors (Lipinski definition) is 4. The maximum atomic E-state index is 5.20. The fourth-order valence-electron chi connectivity index (χ4n) is 1.45. The molecular formula is C11H13N3S2. The van der Waals surface area contributed by atoms with Crippen LogP contribution in [-0.2, 0) is 6.42 Å². The van der Waals surface area contributed by atoms with Crippen molar-refractivity contribution in [2.45, 2.75) is 27.2 Å². The topological polar surface area (TPSA) is 41.6 Å². The molecule has 3 nitrogen and oxygen atoms in total. The fraction of sp³-hybridized carbons (Fsp3) is 0.364. The van der Waals surface area contributed by atoms with E-state index >= 15 is 0 Å². The first-order valence-electron chi connectivity index (χ1n) is 5.03. The summed E-state index contributed by atoms with van der Waals surface area (Å²) in [4.78, 5) is 12.0. The highest BCUT2D eigenvalue weighted by atomic mass is 32.1. The van der Waals surface area contributed by atoms with Crippen molar-refractivity contribution in [3.05, 3.63) is 37.8 Å². The monoisotopic (exact) mass is 251 g/mol. The molecule has 84 valence electrons. The van der Waals surface area contributed by atoms with Crippen molar-refractivity contribution < 1.29 is 0 Å². The number of rotatable bonds is 2. The van der Waals surface area contributed by atoms with Crippen LogP contribution in [0.4, 0.5) is 0 Å². The van der Waals surface area contributed by atoms with E-state index in [0.717, 1.165) is 34.2 Å². The van der Waals surface area contributed by atoms with E-state index in [4.69, 9.17) is 12.2 Å². The molecule has 0 aliphatic rings. The molecule has 2 aromatic rings. The number of thiazole rings is 1. The van der Waals surface area contributed by atoms with Gasteiger partial charge in [0.15, 0.2) is 0 Å². The molecule has 5 heteroatoms. The lowest BCUT2D eigenvalue weighted by Crippen LogP contribution is -2.01. The molecule has 0 aliphatic heterocycles. The lowest BCUT2D eigenvalue weighted by molar-refractivity contribution is 0.900. The molecule has 0 bridgehead atoms. The molecule has 1 N–H and O–H groups in total. The van der Waals surface area contributed by atoms with Gasteiger partial charge in [-0.15, -0.1) is 11.3 Å². The minimum atomic E-state index is 0.679. The molecule has 0 atom stereocenters. The van der Waals surface area contributed by atoms with E-state index in [-0.39, 0.29) is 0 Å². The van der Waals surface area contributed by atoms with E-state index in [9.17, 15) is 0 Å². The van der Waals surface area contributed by atoms with Gasteiger partial charge < -0.3 is 4.98 Å². The lowest BCUT2D eigenvalue weighted by Gasteiger charge is -2.04. The number of nitrogens with one attached hydrogen (secondary N) is 1. The molecule has 0 fully saturated rings. The Balaban J connectivity index is 2.32. The van der Waals surface area contributed by atoms with Gasteiger partial charge in [0.1, 0.15) is 10.5 Å². The largest absolute Gasteiger partial charge is 0.347 e. The molecule has 2 aromatic heterocycles. The Morgan fingerprint density at radius 3 is 2.62 bits per heavy atom. The molecular weight excluding hydrogens is 238 g/mol. The summed E-state index contributed by atoms with van der Waals surface area (Å²) in [5, 5.41) is 3.14. The van der Waals surface area contributed by atoms with Gasteiger partial charge in [0.25, 0.3) is 0 Å². The second-order valence-corrected chi connectivity index (χ2v) is 5.22. The SMILES string of the molecule is Cc1nc(Cc2nc(=S)c(C)c(C)[nH]2)cs1. The molecule has 0 radical (unpaired) electrons. The first kappa shape index (κ1) is 11.4. The molecule has 0 amide bonds. The van der Waals surface area contributed by atoms with Crippen LogP contribution < -0.4 is 0 Å². The maximum absolute atomic E-state index is 5.20. The van der Waals surface area contributed by atoms with Crippen LogP contribution in [0.2, 0.25) is 0 Å². The van der Waals surface area contributed by atoms with Crippen LogP contribution in [0.5, 0.6) is 0 Å². The zero-order chi connectivity index (χ0) is 11.7. The third-order valence-electron chi connectivity index (χ3n) is 2.47. The Morgan fingerprint density at radius 1 is 1.31 bits per heavy atom. The quantitative estimate of drug-likeness (QED) is 0.834. The van der Waals surface area contributed by atoms with Crippen molar-refractivity contribution in [2.75, 3.05) is 0 Å². The molecule has 2 rings (SSSR count). The van der Waals surface area contributed by atoms with E-state index in [1.807, 2.05) is 20.8 Å².